The summed E-state index contributed by atoms with van der Waals surface area (Å²) in [6.45, 7) is 5.56. The highest BCUT2D eigenvalue weighted by molar-refractivity contribution is 5.71. The van der Waals surface area contributed by atoms with E-state index in [4.69, 9.17) is 10.6 Å². The summed E-state index contributed by atoms with van der Waals surface area (Å²) in [4.78, 5) is 32.5. The number of ether oxygens (including phenoxy) is 2. The largest absolute Gasteiger partial charge is 0.452 e. The van der Waals surface area contributed by atoms with E-state index in [0.29, 0.717) is 37.3 Å². The molecule has 3 N–H and O–H groups in total. The molecule has 0 spiro atoms. The lowest BCUT2D eigenvalue weighted by molar-refractivity contribution is -0.159. The maximum Gasteiger partial charge on any atom is 0.394 e. The van der Waals surface area contributed by atoms with Gasteiger partial charge in [0.05, 0.1) is 6.61 Å². The molecular weight excluding hydrogens is 452 g/mol. The molecule has 34 heavy (non-hydrogen) atoms. The number of hydrogen-bond donors (Lipinski definition) is 2. The number of halogens is 2. The molecule has 1 aromatic heterocycles. The zero-order chi connectivity index (χ0) is 25.0. The molecule has 0 bridgehead atoms. The molecule has 1 atom stereocenters. The Morgan fingerprint density at radius 3 is 2.56 bits per heavy atom. The first-order chi connectivity index (χ1) is 16.0. The maximum atomic E-state index is 13.3. The number of rotatable bonds is 11. The molecule has 1 aliphatic rings. The highest BCUT2D eigenvalue weighted by Gasteiger charge is 2.36. The van der Waals surface area contributed by atoms with Gasteiger partial charge in [-0.1, -0.05) is 19.9 Å². The predicted octanol–water partition coefficient (Wildman–Crippen LogP) is 2.46. The Morgan fingerprint density at radius 2 is 1.91 bits per heavy atom. The van der Waals surface area contributed by atoms with Crippen LogP contribution >= 0.6 is 0 Å². The number of aromatic nitrogens is 2. The molecule has 1 unspecified atom stereocenters. The fourth-order valence-electron chi connectivity index (χ4n) is 3.66. The average molecular weight is 484 g/mol. The van der Waals surface area contributed by atoms with Crippen molar-refractivity contribution in [3.63, 3.8) is 0 Å². The molecule has 2 heterocycles. The van der Waals surface area contributed by atoms with Gasteiger partial charge in [0.1, 0.15) is 23.0 Å². The second-order valence-electron chi connectivity index (χ2n) is 8.60. The first-order valence-electron chi connectivity index (χ1n) is 11.0. The van der Waals surface area contributed by atoms with Crippen molar-refractivity contribution in [2.45, 2.75) is 52.6 Å². The highest BCUT2D eigenvalue weighted by atomic mass is 19.3. The average Bonchev–Trinajstić information content (AvgIpc) is 3.10. The summed E-state index contributed by atoms with van der Waals surface area (Å²) >= 11 is 0. The zero-order valence-corrected chi connectivity index (χ0v) is 19.7. The van der Waals surface area contributed by atoms with Crippen molar-refractivity contribution < 1.29 is 23.1 Å². The van der Waals surface area contributed by atoms with Crippen LogP contribution in [0.5, 0.6) is 11.5 Å². The second-order valence-corrected chi connectivity index (χ2v) is 8.60. The first-order valence-corrected chi connectivity index (χ1v) is 11.0. The van der Waals surface area contributed by atoms with Crippen LogP contribution < -0.4 is 36.8 Å². The van der Waals surface area contributed by atoms with Gasteiger partial charge < -0.3 is 24.5 Å². The van der Waals surface area contributed by atoms with Crippen molar-refractivity contribution in [2.75, 3.05) is 23.4 Å². The van der Waals surface area contributed by atoms with Crippen LogP contribution in [0.3, 0.4) is 0 Å². The van der Waals surface area contributed by atoms with Crippen molar-refractivity contribution in [1.82, 2.24) is 9.13 Å². The molecule has 0 saturated carbocycles. The molecule has 12 heteroatoms. The monoisotopic (exact) mass is 483 g/mol. The Hall–Kier alpha value is -3.12. The smallest absolute Gasteiger partial charge is 0.394 e. The van der Waals surface area contributed by atoms with Crippen LogP contribution in [0.2, 0.25) is 0 Å². The summed E-state index contributed by atoms with van der Waals surface area (Å²) < 4.78 is 39.7. The number of nitrogens with zero attached hydrogens (tertiary/aromatic N) is 3. The quantitative estimate of drug-likeness (QED) is 0.370. The van der Waals surface area contributed by atoms with Gasteiger partial charge in [0.15, 0.2) is 0 Å². The number of fused-ring (bicyclic) bond motifs is 1. The summed E-state index contributed by atoms with van der Waals surface area (Å²) in [6, 6.07) is 5.85. The summed E-state index contributed by atoms with van der Waals surface area (Å²) in [6.07, 6.45) is -3.05. The van der Waals surface area contributed by atoms with Gasteiger partial charge in [-0.25, -0.2) is 10.7 Å². The summed E-state index contributed by atoms with van der Waals surface area (Å²) in [7, 11) is 1.56. The minimum Gasteiger partial charge on any atom is -0.452 e. The van der Waals surface area contributed by atoms with E-state index in [1.807, 2.05) is 0 Å². The number of nitrogens with two attached hydrogens (primary N) is 1. The van der Waals surface area contributed by atoms with Crippen LogP contribution in [0.15, 0.2) is 33.9 Å². The Labute approximate surface area is 195 Å². The lowest BCUT2D eigenvalue weighted by atomic mass is 10.1. The predicted molar refractivity (Wildman–Crippen MR) is 123 cm³/mol. The van der Waals surface area contributed by atoms with Gasteiger partial charge in [-0.15, -0.1) is 0 Å². The van der Waals surface area contributed by atoms with Crippen LogP contribution in [0.1, 0.15) is 33.6 Å². The van der Waals surface area contributed by atoms with Crippen LogP contribution in [-0.2, 0) is 18.4 Å². The molecule has 2 aromatic rings. The van der Waals surface area contributed by atoms with Crippen LogP contribution in [-0.4, -0.2) is 34.7 Å². The van der Waals surface area contributed by atoms with Crippen LogP contribution in [0.4, 0.5) is 20.3 Å². The van der Waals surface area contributed by atoms with Crippen molar-refractivity contribution in [3.05, 3.63) is 45.1 Å². The van der Waals surface area contributed by atoms with Gasteiger partial charge in [0.25, 0.3) is 11.9 Å². The van der Waals surface area contributed by atoms with Crippen molar-refractivity contribution in [3.8, 4) is 11.5 Å². The van der Waals surface area contributed by atoms with E-state index in [-0.39, 0.29) is 24.7 Å². The zero-order valence-electron chi connectivity index (χ0n) is 19.7. The minimum absolute atomic E-state index is 0.0638. The third kappa shape index (κ3) is 5.86. The van der Waals surface area contributed by atoms with E-state index in [2.05, 4.69) is 28.7 Å². The van der Waals surface area contributed by atoms with Crippen molar-refractivity contribution >= 4 is 11.5 Å². The first kappa shape index (κ1) is 25.5. The minimum atomic E-state index is -3.35. The lowest BCUT2D eigenvalue weighted by Crippen LogP contribution is -2.44. The molecule has 10 nitrogen and oxygen atoms in total. The lowest BCUT2D eigenvalue weighted by Gasteiger charge is -2.27. The van der Waals surface area contributed by atoms with E-state index in [1.54, 1.807) is 18.0 Å². The van der Waals surface area contributed by atoms with Crippen molar-refractivity contribution in [2.24, 2.45) is 18.9 Å². The molecule has 1 aromatic carbocycles. The molecule has 0 aliphatic carbocycles. The Balaban J connectivity index is 1.96. The van der Waals surface area contributed by atoms with E-state index in [0.717, 1.165) is 11.0 Å². The Bertz CT molecular complexity index is 1110. The topological polar surface area (TPSA) is 113 Å². The van der Waals surface area contributed by atoms with Crippen LogP contribution in [0, 0.1) is 5.92 Å². The third-order valence-electron chi connectivity index (χ3n) is 5.30. The highest BCUT2D eigenvalue weighted by Crippen LogP contribution is 2.33. The Kier molecular flexibility index (Phi) is 7.82. The number of nitrogens with one attached hydrogen (secondary N) is 1. The standard InChI is InChI=1S/C22H31F2N5O5/c1-14(2)9-11-28-17-18(27(4)21(31)29(19(17)30)10-6-12-32-25)26-20(28)33-15-7-5-8-16(13-15)34-22(3,23)24/h5,7-8,13-14,20,26H,6,9-12,25H2,1-4H3. The molecule has 3 rings (SSSR count). The molecule has 0 amide bonds. The Morgan fingerprint density at radius 1 is 1.21 bits per heavy atom. The molecular formula is C22H31F2N5O5. The van der Waals surface area contributed by atoms with Gasteiger partial charge in [-0.3, -0.25) is 13.9 Å². The van der Waals surface area contributed by atoms with Gasteiger partial charge in [0, 0.05) is 33.1 Å². The summed E-state index contributed by atoms with van der Waals surface area (Å²) in [5.74, 6) is 5.91. The molecule has 0 saturated heterocycles. The second kappa shape index (κ2) is 10.4. The SMILES string of the molecule is CC(C)CCN1c2c(n(C)c(=O)n(CCCON)c2=O)NC1Oc1cccc(OC(C)(F)F)c1. The van der Waals surface area contributed by atoms with Gasteiger partial charge in [-0.2, -0.15) is 8.78 Å². The third-order valence-corrected chi connectivity index (χ3v) is 5.30. The normalized spacial score (nSPS) is 15.4. The maximum absolute atomic E-state index is 13.3. The van der Waals surface area contributed by atoms with Gasteiger partial charge in [0.2, 0.25) is 0 Å². The fraction of sp³-hybridized carbons (Fsp3) is 0.545. The summed E-state index contributed by atoms with van der Waals surface area (Å²) in [5, 5.41) is 3.09. The number of benzene rings is 1. The van der Waals surface area contributed by atoms with E-state index in [1.165, 1.54) is 22.8 Å². The van der Waals surface area contributed by atoms with E-state index in [9.17, 15) is 18.4 Å². The molecule has 1 aliphatic heterocycles. The number of hydrogen-bond acceptors (Lipinski definition) is 8. The van der Waals surface area contributed by atoms with Crippen LogP contribution in [0.25, 0.3) is 0 Å². The molecule has 0 radical (unpaired) electrons. The number of alkyl halides is 2. The molecule has 188 valence electrons. The van der Waals surface area contributed by atoms with Gasteiger partial charge >= 0.3 is 11.8 Å². The van der Waals surface area contributed by atoms with E-state index < -0.39 is 23.7 Å². The van der Waals surface area contributed by atoms with E-state index >= 15 is 0 Å². The van der Waals surface area contributed by atoms with Crippen molar-refractivity contribution in [1.29, 1.82) is 0 Å². The number of anilines is 2. The fourth-order valence-corrected chi connectivity index (χ4v) is 3.66. The van der Waals surface area contributed by atoms with Gasteiger partial charge in [-0.05, 0) is 30.9 Å². The molecule has 0 fully saturated rings. The summed E-state index contributed by atoms with van der Waals surface area (Å²) in [5.41, 5.74) is -0.646.